The van der Waals surface area contributed by atoms with E-state index < -0.39 is 27.9 Å². The molecular formula is C40H51N3O6. The SMILES string of the molecule is Cc1cc(Cn2c(=O)n(Cc3ccc(O)c(C4CCCCC4)c3)c(=O)n(Cc3cc(C)c(O)c(C(C)(C)C)c3)c2=O)cc(C(C)(C)C)c1O. The number of nitrogens with zero attached hydrogens (tertiary/aromatic N) is 3. The van der Waals surface area contributed by atoms with Crippen molar-refractivity contribution >= 4 is 0 Å². The van der Waals surface area contributed by atoms with E-state index in [4.69, 9.17) is 0 Å². The molecule has 0 saturated heterocycles. The van der Waals surface area contributed by atoms with E-state index in [2.05, 4.69) is 0 Å². The van der Waals surface area contributed by atoms with Crippen LogP contribution in [-0.2, 0) is 30.5 Å². The Morgan fingerprint density at radius 3 is 1.41 bits per heavy atom. The van der Waals surface area contributed by atoms with Crippen molar-refractivity contribution in [3.8, 4) is 17.2 Å². The normalized spacial score (nSPS) is 14.4. The van der Waals surface area contributed by atoms with Gasteiger partial charge in [-0.15, -0.1) is 0 Å². The van der Waals surface area contributed by atoms with Gasteiger partial charge in [-0.2, -0.15) is 0 Å². The van der Waals surface area contributed by atoms with Crippen molar-refractivity contribution in [1.29, 1.82) is 0 Å². The summed E-state index contributed by atoms with van der Waals surface area (Å²) in [6.45, 7) is 15.2. The summed E-state index contributed by atoms with van der Waals surface area (Å²) in [4.78, 5) is 42.5. The second-order valence-corrected chi connectivity index (χ2v) is 16.0. The maximum absolute atomic E-state index is 14.2. The fourth-order valence-corrected chi connectivity index (χ4v) is 7.11. The van der Waals surface area contributed by atoms with Crippen LogP contribution in [0.3, 0.4) is 0 Å². The number of hydrogen-bond acceptors (Lipinski definition) is 6. The topological polar surface area (TPSA) is 127 Å². The fraction of sp³-hybridized carbons (Fsp3) is 0.475. The number of aromatic nitrogens is 3. The van der Waals surface area contributed by atoms with Gasteiger partial charge in [0.15, 0.2) is 0 Å². The zero-order valence-corrected chi connectivity index (χ0v) is 30.2. The van der Waals surface area contributed by atoms with Crippen LogP contribution in [0.15, 0.2) is 56.8 Å². The van der Waals surface area contributed by atoms with Gasteiger partial charge >= 0.3 is 17.1 Å². The van der Waals surface area contributed by atoms with Gasteiger partial charge in [-0.1, -0.05) is 85.1 Å². The fourth-order valence-electron chi connectivity index (χ4n) is 7.11. The number of aromatic hydroxyl groups is 3. The monoisotopic (exact) mass is 669 g/mol. The molecule has 49 heavy (non-hydrogen) atoms. The smallest absolute Gasteiger partial charge is 0.336 e. The van der Waals surface area contributed by atoms with Gasteiger partial charge in [-0.3, -0.25) is 0 Å². The van der Waals surface area contributed by atoms with Gasteiger partial charge in [-0.05, 0) is 106 Å². The van der Waals surface area contributed by atoms with Crippen molar-refractivity contribution in [2.24, 2.45) is 0 Å². The van der Waals surface area contributed by atoms with Gasteiger partial charge < -0.3 is 15.3 Å². The number of hydrogen-bond donors (Lipinski definition) is 3. The van der Waals surface area contributed by atoms with Crippen LogP contribution >= 0.6 is 0 Å². The van der Waals surface area contributed by atoms with Crippen LogP contribution in [0, 0.1) is 13.8 Å². The van der Waals surface area contributed by atoms with E-state index in [1.807, 2.05) is 59.7 Å². The van der Waals surface area contributed by atoms with Gasteiger partial charge in [0.2, 0.25) is 0 Å². The third-order valence-corrected chi connectivity index (χ3v) is 9.88. The molecule has 1 saturated carbocycles. The van der Waals surface area contributed by atoms with Crippen molar-refractivity contribution in [3.05, 3.63) is 118 Å². The van der Waals surface area contributed by atoms with Gasteiger partial charge in [0.05, 0.1) is 19.6 Å². The van der Waals surface area contributed by atoms with E-state index in [1.165, 1.54) is 6.42 Å². The summed E-state index contributed by atoms with van der Waals surface area (Å²) >= 11 is 0. The van der Waals surface area contributed by atoms with Crippen molar-refractivity contribution in [2.45, 2.75) is 124 Å². The molecule has 0 atom stereocenters. The minimum atomic E-state index is -0.745. The van der Waals surface area contributed by atoms with Crippen LogP contribution in [0.4, 0.5) is 0 Å². The van der Waals surface area contributed by atoms with Crippen LogP contribution < -0.4 is 17.1 Å². The van der Waals surface area contributed by atoms with Crippen molar-refractivity contribution in [3.63, 3.8) is 0 Å². The molecule has 0 radical (unpaired) electrons. The zero-order valence-electron chi connectivity index (χ0n) is 30.2. The molecule has 3 aromatic carbocycles. The van der Waals surface area contributed by atoms with Gasteiger partial charge in [0.1, 0.15) is 17.2 Å². The third-order valence-electron chi connectivity index (χ3n) is 9.88. The number of rotatable bonds is 7. The lowest BCUT2D eigenvalue weighted by Gasteiger charge is -2.24. The average molecular weight is 670 g/mol. The van der Waals surface area contributed by atoms with E-state index in [9.17, 15) is 29.7 Å². The summed E-state index contributed by atoms with van der Waals surface area (Å²) in [6, 6.07) is 12.4. The highest BCUT2D eigenvalue weighted by Crippen LogP contribution is 2.38. The predicted octanol–water partition coefficient (Wildman–Crippen LogP) is 6.69. The van der Waals surface area contributed by atoms with Crippen LogP contribution in [-0.4, -0.2) is 29.0 Å². The van der Waals surface area contributed by atoms with E-state index in [-0.39, 0.29) is 42.8 Å². The molecule has 1 aromatic heterocycles. The van der Waals surface area contributed by atoms with E-state index in [0.717, 1.165) is 44.9 Å². The molecule has 1 aliphatic carbocycles. The molecule has 1 heterocycles. The molecule has 5 rings (SSSR count). The third kappa shape index (κ3) is 7.41. The lowest BCUT2D eigenvalue weighted by Crippen LogP contribution is -2.54. The summed E-state index contributed by atoms with van der Waals surface area (Å²) in [5.74, 6) is 0.759. The molecule has 262 valence electrons. The van der Waals surface area contributed by atoms with E-state index >= 15 is 0 Å². The lowest BCUT2D eigenvalue weighted by atomic mass is 9.83. The highest BCUT2D eigenvalue weighted by Gasteiger charge is 2.25. The minimum absolute atomic E-state index is 0.0817. The molecule has 0 bridgehead atoms. The highest BCUT2D eigenvalue weighted by molar-refractivity contribution is 5.47. The molecule has 9 heteroatoms. The van der Waals surface area contributed by atoms with E-state index in [0.29, 0.717) is 38.9 Å². The van der Waals surface area contributed by atoms with Crippen LogP contribution in [0.25, 0.3) is 0 Å². The maximum Gasteiger partial charge on any atom is 0.336 e. The Kier molecular flexibility index (Phi) is 9.79. The summed E-state index contributed by atoms with van der Waals surface area (Å²) in [5.41, 5.74) is 2.42. The predicted molar refractivity (Wildman–Crippen MR) is 194 cm³/mol. The second-order valence-electron chi connectivity index (χ2n) is 16.0. The van der Waals surface area contributed by atoms with Crippen LogP contribution in [0.2, 0.25) is 0 Å². The molecular weight excluding hydrogens is 618 g/mol. The average Bonchev–Trinajstić information content (AvgIpc) is 3.03. The highest BCUT2D eigenvalue weighted by atomic mass is 16.3. The Hall–Kier alpha value is -4.53. The quantitative estimate of drug-likeness (QED) is 0.201. The summed E-state index contributed by atoms with van der Waals surface area (Å²) in [7, 11) is 0. The molecule has 1 aliphatic rings. The Morgan fingerprint density at radius 1 is 0.592 bits per heavy atom. The molecule has 1 fully saturated rings. The van der Waals surface area contributed by atoms with Gasteiger partial charge in [0, 0.05) is 0 Å². The first kappa shape index (κ1) is 35.8. The largest absolute Gasteiger partial charge is 0.508 e. The van der Waals surface area contributed by atoms with Crippen molar-refractivity contribution < 1.29 is 15.3 Å². The molecule has 0 amide bonds. The van der Waals surface area contributed by atoms with Crippen molar-refractivity contribution in [2.75, 3.05) is 0 Å². The summed E-state index contributed by atoms with van der Waals surface area (Å²) in [5, 5.41) is 32.4. The van der Waals surface area contributed by atoms with Crippen LogP contribution in [0.5, 0.6) is 17.2 Å². The van der Waals surface area contributed by atoms with E-state index in [1.54, 1.807) is 38.1 Å². The molecule has 0 spiro atoms. The second kappa shape index (κ2) is 13.4. The zero-order chi connectivity index (χ0) is 36.0. The maximum atomic E-state index is 14.2. The molecule has 0 unspecified atom stereocenters. The first-order valence-electron chi connectivity index (χ1n) is 17.3. The van der Waals surface area contributed by atoms with Gasteiger partial charge in [-0.25, -0.2) is 28.1 Å². The number of phenolic OH excluding ortho intramolecular Hbond substituents is 3. The molecule has 0 aliphatic heterocycles. The number of benzene rings is 3. The molecule has 4 aromatic rings. The Bertz CT molecular complexity index is 1950. The first-order chi connectivity index (χ1) is 22.9. The molecule has 3 N–H and O–H groups in total. The molecule has 9 nitrogen and oxygen atoms in total. The summed E-state index contributed by atoms with van der Waals surface area (Å²) in [6.07, 6.45) is 5.29. The Labute approximate surface area is 288 Å². The number of phenols is 3. The lowest BCUT2D eigenvalue weighted by molar-refractivity contribution is 0.413. The minimum Gasteiger partial charge on any atom is -0.508 e. The Balaban J connectivity index is 1.68. The summed E-state index contributed by atoms with van der Waals surface area (Å²) < 4.78 is 3.26. The van der Waals surface area contributed by atoms with Crippen molar-refractivity contribution in [1.82, 2.24) is 13.7 Å². The van der Waals surface area contributed by atoms with Gasteiger partial charge in [0.25, 0.3) is 0 Å². The standard InChI is InChI=1S/C40H51N3O6/c1-24-16-27(19-31(34(24)45)39(3,4)5)22-42-36(47)41(21-26-14-15-33(44)30(18-26)29-12-10-9-11-13-29)37(48)43(38(42)49)23-28-17-25(2)35(46)32(20-28)40(6,7)8/h14-20,29,44-46H,9-13,21-23H2,1-8H3. The Morgan fingerprint density at radius 2 is 1.00 bits per heavy atom. The first-order valence-corrected chi connectivity index (χ1v) is 17.3. The number of aryl methyl sites for hydroxylation is 2. The van der Waals surface area contributed by atoms with Crippen LogP contribution in [0.1, 0.15) is 124 Å².